The van der Waals surface area contributed by atoms with Crippen LogP contribution in [-0.2, 0) is 12.6 Å². The first kappa shape index (κ1) is 18.1. The van der Waals surface area contributed by atoms with Crippen LogP contribution in [0.3, 0.4) is 0 Å². The summed E-state index contributed by atoms with van der Waals surface area (Å²) >= 11 is 1.32. The van der Waals surface area contributed by atoms with Crippen molar-refractivity contribution in [2.45, 2.75) is 19.5 Å². The molecule has 0 unspecified atom stereocenters. The van der Waals surface area contributed by atoms with Gasteiger partial charge in [-0.05, 0) is 31.2 Å². The fourth-order valence-corrected chi connectivity index (χ4v) is 3.08. The summed E-state index contributed by atoms with van der Waals surface area (Å²) in [6, 6.07) is 5.89. The molecule has 0 saturated carbocycles. The molecule has 3 rings (SSSR count). The van der Waals surface area contributed by atoms with Gasteiger partial charge in [-0.15, -0.1) is 0 Å². The number of carbonyl (C=O) groups excluding carboxylic acids is 1. The van der Waals surface area contributed by atoms with E-state index in [4.69, 9.17) is 5.73 Å². The highest BCUT2D eigenvalue weighted by molar-refractivity contribution is 7.22. The van der Waals surface area contributed by atoms with E-state index in [0.717, 1.165) is 10.8 Å². The SMILES string of the molecule is Cc1cc(C(F)(F)F)nc(CCNC(=O)c2ccc3sc(N)nc3c2)n1. The Kier molecular flexibility index (Phi) is 4.77. The predicted molar refractivity (Wildman–Crippen MR) is 91.8 cm³/mol. The van der Waals surface area contributed by atoms with Crippen LogP contribution >= 0.6 is 11.3 Å². The van der Waals surface area contributed by atoms with Crippen molar-refractivity contribution in [2.75, 3.05) is 12.3 Å². The summed E-state index contributed by atoms with van der Waals surface area (Å²) in [4.78, 5) is 23.8. The molecule has 0 bridgehead atoms. The Hall–Kier alpha value is -2.75. The predicted octanol–water partition coefficient (Wildman–Crippen LogP) is 2.97. The molecular weight excluding hydrogens is 367 g/mol. The smallest absolute Gasteiger partial charge is 0.375 e. The number of nitrogens with two attached hydrogens (primary N) is 1. The van der Waals surface area contributed by atoms with Crippen molar-refractivity contribution in [3.05, 3.63) is 47.0 Å². The maximum Gasteiger partial charge on any atom is 0.433 e. The zero-order chi connectivity index (χ0) is 18.9. The van der Waals surface area contributed by atoms with Crippen LogP contribution in [0.1, 0.15) is 27.6 Å². The number of alkyl halides is 3. The number of hydrogen-bond acceptors (Lipinski definition) is 6. The van der Waals surface area contributed by atoms with Gasteiger partial charge < -0.3 is 11.1 Å². The number of benzene rings is 1. The average molecular weight is 381 g/mol. The van der Waals surface area contributed by atoms with Gasteiger partial charge in [-0.1, -0.05) is 11.3 Å². The molecule has 0 radical (unpaired) electrons. The third-order valence-electron chi connectivity index (χ3n) is 3.49. The minimum Gasteiger partial charge on any atom is -0.375 e. The first-order valence-electron chi connectivity index (χ1n) is 7.58. The molecule has 2 heterocycles. The number of thiazole rings is 1. The summed E-state index contributed by atoms with van der Waals surface area (Å²) in [7, 11) is 0. The van der Waals surface area contributed by atoms with Gasteiger partial charge in [-0.2, -0.15) is 13.2 Å². The molecule has 1 amide bonds. The van der Waals surface area contributed by atoms with Crippen molar-refractivity contribution in [3.63, 3.8) is 0 Å². The van der Waals surface area contributed by atoms with Gasteiger partial charge in [-0.25, -0.2) is 15.0 Å². The Morgan fingerprint density at radius 2 is 2.00 bits per heavy atom. The highest BCUT2D eigenvalue weighted by Gasteiger charge is 2.33. The lowest BCUT2D eigenvalue weighted by Gasteiger charge is -2.09. The van der Waals surface area contributed by atoms with E-state index in [1.807, 2.05) is 0 Å². The van der Waals surface area contributed by atoms with Crippen LogP contribution in [0.5, 0.6) is 0 Å². The number of nitrogens with one attached hydrogen (secondary N) is 1. The number of aryl methyl sites for hydroxylation is 1. The Morgan fingerprint density at radius 1 is 1.23 bits per heavy atom. The molecule has 26 heavy (non-hydrogen) atoms. The number of aromatic nitrogens is 3. The van der Waals surface area contributed by atoms with Crippen molar-refractivity contribution in [3.8, 4) is 0 Å². The number of halogens is 3. The van der Waals surface area contributed by atoms with Crippen LogP contribution in [0, 0.1) is 6.92 Å². The van der Waals surface area contributed by atoms with E-state index in [0.29, 0.717) is 16.2 Å². The molecule has 136 valence electrons. The van der Waals surface area contributed by atoms with Crippen LogP contribution in [-0.4, -0.2) is 27.4 Å². The van der Waals surface area contributed by atoms with Crippen molar-refractivity contribution in [2.24, 2.45) is 0 Å². The molecule has 0 aliphatic rings. The Morgan fingerprint density at radius 3 is 2.73 bits per heavy atom. The monoisotopic (exact) mass is 381 g/mol. The third-order valence-corrected chi connectivity index (χ3v) is 4.36. The van der Waals surface area contributed by atoms with Crippen LogP contribution < -0.4 is 11.1 Å². The zero-order valence-corrected chi connectivity index (χ0v) is 14.4. The van der Waals surface area contributed by atoms with E-state index in [1.165, 1.54) is 18.3 Å². The highest BCUT2D eigenvalue weighted by Crippen LogP contribution is 2.28. The zero-order valence-electron chi connectivity index (χ0n) is 13.6. The lowest BCUT2D eigenvalue weighted by Crippen LogP contribution is -2.26. The molecule has 2 aromatic heterocycles. The summed E-state index contributed by atoms with van der Waals surface area (Å²) in [5.74, 6) is -0.331. The maximum absolute atomic E-state index is 12.8. The minimum absolute atomic E-state index is 0.0281. The van der Waals surface area contributed by atoms with E-state index in [-0.39, 0.29) is 30.4 Å². The number of hydrogen-bond donors (Lipinski definition) is 2. The molecule has 3 aromatic rings. The number of carbonyl (C=O) groups is 1. The second kappa shape index (κ2) is 6.87. The van der Waals surface area contributed by atoms with E-state index in [1.54, 1.807) is 18.2 Å². The van der Waals surface area contributed by atoms with Crippen molar-refractivity contribution < 1.29 is 18.0 Å². The van der Waals surface area contributed by atoms with Crippen LogP contribution in [0.4, 0.5) is 18.3 Å². The summed E-state index contributed by atoms with van der Waals surface area (Å²) in [5, 5.41) is 3.05. The van der Waals surface area contributed by atoms with Gasteiger partial charge in [0.05, 0.1) is 10.2 Å². The second-order valence-electron chi connectivity index (χ2n) is 5.55. The molecule has 0 aliphatic carbocycles. The normalized spacial score (nSPS) is 11.7. The van der Waals surface area contributed by atoms with E-state index < -0.39 is 11.9 Å². The molecule has 1 aromatic carbocycles. The van der Waals surface area contributed by atoms with Crippen molar-refractivity contribution in [1.29, 1.82) is 0 Å². The molecule has 0 fully saturated rings. The first-order chi connectivity index (χ1) is 12.2. The highest BCUT2D eigenvalue weighted by atomic mass is 32.1. The van der Waals surface area contributed by atoms with Gasteiger partial charge >= 0.3 is 6.18 Å². The third kappa shape index (κ3) is 4.07. The van der Waals surface area contributed by atoms with Gasteiger partial charge in [-0.3, -0.25) is 4.79 Å². The number of nitrogens with zero attached hydrogens (tertiary/aromatic N) is 3. The van der Waals surface area contributed by atoms with Crippen LogP contribution in [0.25, 0.3) is 10.2 Å². The summed E-state index contributed by atoms with van der Waals surface area (Å²) < 4.78 is 39.2. The quantitative estimate of drug-likeness (QED) is 0.725. The van der Waals surface area contributed by atoms with Gasteiger partial charge in [0.25, 0.3) is 5.91 Å². The molecule has 6 nitrogen and oxygen atoms in total. The lowest BCUT2D eigenvalue weighted by molar-refractivity contribution is -0.141. The van der Waals surface area contributed by atoms with Crippen LogP contribution in [0.2, 0.25) is 0 Å². The lowest BCUT2D eigenvalue weighted by atomic mass is 10.2. The van der Waals surface area contributed by atoms with E-state index >= 15 is 0 Å². The largest absolute Gasteiger partial charge is 0.433 e. The number of nitrogen functional groups attached to an aromatic ring is 1. The van der Waals surface area contributed by atoms with E-state index in [9.17, 15) is 18.0 Å². The molecule has 10 heteroatoms. The molecule has 0 saturated heterocycles. The van der Waals surface area contributed by atoms with E-state index in [2.05, 4.69) is 20.3 Å². The molecule has 0 spiro atoms. The van der Waals surface area contributed by atoms with Gasteiger partial charge in [0.2, 0.25) is 0 Å². The summed E-state index contributed by atoms with van der Waals surface area (Å²) in [6.07, 6.45) is -4.45. The van der Waals surface area contributed by atoms with Crippen molar-refractivity contribution >= 4 is 32.6 Å². The molecular formula is C16H14F3N5OS. The fraction of sp³-hybridized carbons (Fsp3) is 0.250. The standard InChI is InChI=1S/C16H14F3N5OS/c1-8-6-12(16(17,18)19)24-13(22-8)4-5-21-14(25)9-2-3-11-10(7-9)23-15(20)26-11/h2-3,6-7H,4-5H2,1H3,(H2,20,23)(H,21,25). The summed E-state index contributed by atoms with van der Waals surface area (Å²) in [6.45, 7) is 1.57. The number of fused-ring (bicyclic) bond motifs is 1. The average Bonchev–Trinajstić information content (AvgIpc) is 2.92. The Bertz CT molecular complexity index is 970. The maximum atomic E-state index is 12.8. The topological polar surface area (TPSA) is 93.8 Å². The number of rotatable bonds is 4. The molecule has 3 N–H and O–H groups in total. The molecule has 0 aliphatic heterocycles. The Labute approximate surface area is 150 Å². The summed E-state index contributed by atoms with van der Waals surface area (Å²) in [5.41, 5.74) is 5.88. The Balaban J connectivity index is 1.65. The fourth-order valence-electron chi connectivity index (χ4n) is 2.36. The van der Waals surface area contributed by atoms with Crippen LogP contribution in [0.15, 0.2) is 24.3 Å². The number of anilines is 1. The first-order valence-corrected chi connectivity index (χ1v) is 8.40. The van der Waals surface area contributed by atoms with Crippen molar-refractivity contribution in [1.82, 2.24) is 20.3 Å². The van der Waals surface area contributed by atoms with Gasteiger partial charge in [0.1, 0.15) is 11.5 Å². The number of amides is 1. The van der Waals surface area contributed by atoms with Gasteiger partial charge in [0, 0.05) is 24.2 Å². The minimum atomic E-state index is -4.53. The molecule has 0 atom stereocenters. The second-order valence-corrected chi connectivity index (χ2v) is 6.61. The van der Waals surface area contributed by atoms with Gasteiger partial charge in [0.15, 0.2) is 5.13 Å².